The average Bonchev–Trinajstić information content (AvgIpc) is 3.07. The molecular weight excluding hydrogens is 532 g/mol. The first-order valence-corrected chi connectivity index (χ1v) is 11.0. The van der Waals surface area contributed by atoms with Crippen LogP contribution in [0.2, 0.25) is 10.0 Å². The molecule has 0 spiro atoms. The first-order valence-electron chi connectivity index (χ1n) is 9.49. The molecule has 0 aliphatic carbocycles. The van der Waals surface area contributed by atoms with E-state index in [1.54, 1.807) is 49.4 Å². The summed E-state index contributed by atoms with van der Waals surface area (Å²) in [5.74, 6) is -0.786. The minimum atomic E-state index is -4.59. The van der Waals surface area contributed by atoms with Crippen LogP contribution in [0, 0.1) is 6.92 Å². The molecule has 4 rings (SSSR count). The lowest BCUT2D eigenvalue weighted by atomic mass is 9.97. The van der Waals surface area contributed by atoms with Gasteiger partial charge in [0.1, 0.15) is 10.8 Å². The molecule has 0 radical (unpaired) electrons. The molecule has 1 aliphatic heterocycles. The quantitative estimate of drug-likeness (QED) is 0.365. The Morgan fingerprint density at radius 1 is 1.22 bits per heavy atom. The second-order valence-electron chi connectivity index (χ2n) is 7.36. The summed E-state index contributed by atoms with van der Waals surface area (Å²) in [6.45, 7) is 1.71. The summed E-state index contributed by atoms with van der Waals surface area (Å²) >= 11 is 15.8. The van der Waals surface area contributed by atoms with Crippen molar-refractivity contribution >= 4 is 56.5 Å². The molecule has 0 saturated heterocycles. The Morgan fingerprint density at radius 3 is 2.56 bits per heavy atom. The lowest BCUT2D eigenvalue weighted by Crippen LogP contribution is -2.35. The molecule has 0 unspecified atom stereocenters. The van der Waals surface area contributed by atoms with Gasteiger partial charge in [-0.05, 0) is 42.3 Å². The number of amides is 1. The summed E-state index contributed by atoms with van der Waals surface area (Å²) in [4.78, 5) is 12.8. The first-order chi connectivity index (χ1) is 15.1. The van der Waals surface area contributed by atoms with Crippen molar-refractivity contribution in [3.05, 3.63) is 73.8 Å². The van der Waals surface area contributed by atoms with E-state index in [0.717, 1.165) is 9.15 Å². The van der Waals surface area contributed by atoms with E-state index in [2.05, 4.69) is 31.7 Å². The van der Waals surface area contributed by atoms with Crippen molar-refractivity contribution < 1.29 is 18.0 Å². The van der Waals surface area contributed by atoms with E-state index in [1.165, 1.54) is 0 Å². The summed E-state index contributed by atoms with van der Waals surface area (Å²) < 4.78 is 43.3. The van der Waals surface area contributed by atoms with E-state index >= 15 is 0 Å². The number of nitrogens with one attached hydrogen (secondary N) is 2. The Balaban J connectivity index is 1.71. The normalized spacial score (nSPS) is 18.1. The number of aromatic nitrogens is 2. The molecule has 1 amide bonds. The highest BCUT2D eigenvalue weighted by molar-refractivity contribution is 9.10. The molecule has 2 N–H and O–H groups in total. The highest BCUT2D eigenvalue weighted by Gasteiger charge is 2.47. The number of carbonyl (C=O) groups excluding carboxylic acids is 1. The van der Waals surface area contributed by atoms with Crippen molar-refractivity contribution in [1.82, 2.24) is 9.78 Å². The molecule has 3 aromatic rings. The van der Waals surface area contributed by atoms with Gasteiger partial charge in [0, 0.05) is 21.6 Å². The topological polar surface area (TPSA) is 59.0 Å². The number of halogens is 6. The lowest BCUT2D eigenvalue weighted by molar-refractivity contribution is -0.173. The van der Waals surface area contributed by atoms with E-state index < -0.39 is 24.2 Å². The van der Waals surface area contributed by atoms with Crippen molar-refractivity contribution in [2.75, 3.05) is 10.6 Å². The Bertz CT molecular complexity index is 1180. The van der Waals surface area contributed by atoms with E-state index in [-0.39, 0.29) is 23.0 Å². The van der Waals surface area contributed by atoms with Gasteiger partial charge in [0.2, 0.25) is 0 Å². The van der Waals surface area contributed by atoms with Crippen molar-refractivity contribution in [1.29, 1.82) is 0 Å². The molecule has 0 bridgehead atoms. The first kappa shape index (κ1) is 22.9. The van der Waals surface area contributed by atoms with Crippen LogP contribution in [0.5, 0.6) is 0 Å². The van der Waals surface area contributed by atoms with Crippen LogP contribution in [-0.4, -0.2) is 21.9 Å². The summed E-state index contributed by atoms with van der Waals surface area (Å²) in [6, 6.07) is 9.28. The van der Waals surface area contributed by atoms with Gasteiger partial charge < -0.3 is 10.6 Å². The van der Waals surface area contributed by atoms with Crippen molar-refractivity contribution in [2.45, 2.75) is 31.6 Å². The predicted octanol–water partition coefficient (Wildman–Crippen LogP) is 7.17. The number of carbonyl (C=O) groups is 1. The van der Waals surface area contributed by atoms with Crippen LogP contribution in [0.15, 0.2) is 46.9 Å². The van der Waals surface area contributed by atoms with Gasteiger partial charge in [-0.3, -0.25) is 4.79 Å². The van der Waals surface area contributed by atoms with Crippen molar-refractivity contribution in [3.8, 4) is 0 Å². The Kier molecular flexibility index (Phi) is 6.17. The van der Waals surface area contributed by atoms with Crippen LogP contribution in [0.1, 0.15) is 40.1 Å². The number of rotatable bonds is 3. The van der Waals surface area contributed by atoms with Gasteiger partial charge in [0.15, 0.2) is 11.7 Å². The third-order valence-electron chi connectivity index (χ3n) is 5.30. The van der Waals surface area contributed by atoms with Crippen LogP contribution in [0.25, 0.3) is 0 Å². The number of hydrogen-bond acceptors (Lipinski definition) is 3. The molecule has 5 nitrogen and oxygen atoms in total. The standard InChI is InChI=1S/C21H16BrCl2F3N4O/c1-10-13(23)3-2-4-14(10)29-20(32)18-17(24)19-28-15(11-5-7-12(22)8-6-11)9-16(21(25,26)27)31(19)30-18/h2-8,15-16,28H,9H2,1H3,(H,29,32)/t15-,16-/m0/s1. The molecule has 1 aromatic heterocycles. The van der Waals surface area contributed by atoms with Crippen molar-refractivity contribution in [3.63, 3.8) is 0 Å². The zero-order valence-electron chi connectivity index (χ0n) is 16.5. The predicted molar refractivity (Wildman–Crippen MR) is 122 cm³/mol. The van der Waals surface area contributed by atoms with Gasteiger partial charge in [-0.1, -0.05) is 57.3 Å². The number of hydrogen-bond donors (Lipinski definition) is 2. The van der Waals surface area contributed by atoms with Gasteiger partial charge in [-0.15, -0.1) is 0 Å². The van der Waals surface area contributed by atoms with E-state index in [1.807, 2.05) is 0 Å². The smallest absolute Gasteiger partial charge is 0.362 e. The SMILES string of the molecule is Cc1c(Cl)cccc1NC(=O)c1nn2c(c1Cl)N[C@H](c1ccc(Br)cc1)C[C@H]2C(F)(F)F. The zero-order chi connectivity index (χ0) is 23.2. The molecule has 0 fully saturated rings. The van der Waals surface area contributed by atoms with Crippen LogP contribution in [-0.2, 0) is 0 Å². The minimum Gasteiger partial charge on any atom is -0.362 e. The minimum absolute atomic E-state index is 0.0545. The van der Waals surface area contributed by atoms with E-state index in [9.17, 15) is 18.0 Å². The van der Waals surface area contributed by atoms with Gasteiger partial charge in [-0.25, -0.2) is 4.68 Å². The van der Waals surface area contributed by atoms with Gasteiger partial charge in [-0.2, -0.15) is 18.3 Å². The van der Waals surface area contributed by atoms with E-state index in [4.69, 9.17) is 23.2 Å². The van der Waals surface area contributed by atoms with Gasteiger partial charge in [0.05, 0.1) is 6.04 Å². The lowest BCUT2D eigenvalue weighted by Gasteiger charge is -2.33. The third-order valence-corrected chi connectivity index (χ3v) is 6.60. The Morgan fingerprint density at radius 2 is 1.91 bits per heavy atom. The van der Waals surface area contributed by atoms with Crippen LogP contribution >= 0.6 is 39.1 Å². The molecule has 2 heterocycles. The number of anilines is 2. The second-order valence-corrected chi connectivity index (χ2v) is 9.06. The summed E-state index contributed by atoms with van der Waals surface area (Å²) in [6.07, 6.45) is -4.89. The fourth-order valence-electron chi connectivity index (χ4n) is 3.57. The third kappa shape index (κ3) is 4.33. The number of fused-ring (bicyclic) bond motifs is 1. The summed E-state index contributed by atoms with van der Waals surface area (Å²) in [5, 5.41) is 9.83. The maximum Gasteiger partial charge on any atom is 0.410 e. The Labute approximate surface area is 200 Å². The maximum absolute atomic E-state index is 13.9. The van der Waals surface area contributed by atoms with Crippen molar-refractivity contribution in [2.24, 2.45) is 0 Å². The average molecular weight is 548 g/mol. The molecule has 1 aliphatic rings. The number of benzene rings is 2. The monoisotopic (exact) mass is 546 g/mol. The number of alkyl halides is 3. The van der Waals surface area contributed by atoms with E-state index in [0.29, 0.717) is 21.8 Å². The molecular formula is C21H16BrCl2F3N4O. The highest BCUT2D eigenvalue weighted by atomic mass is 79.9. The maximum atomic E-state index is 13.9. The molecule has 2 aromatic carbocycles. The molecule has 11 heteroatoms. The summed E-state index contributed by atoms with van der Waals surface area (Å²) in [7, 11) is 0. The second kappa shape index (κ2) is 8.61. The summed E-state index contributed by atoms with van der Waals surface area (Å²) in [5.41, 5.74) is 1.38. The van der Waals surface area contributed by atoms with Crippen LogP contribution < -0.4 is 10.6 Å². The molecule has 2 atom stereocenters. The number of nitrogens with zero attached hydrogens (tertiary/aromatic N) is 2. The van der Waals surface area contributed by atoms with Crippen LogP contribution in [0.3, 0.4) is 0 Å². The van der Waals surface area contributed by atoms with Crippen LogP contribution in [0.4, 0.5) is 24.7 Å². The largest absolute Gasteiger partial charge is 0.410 e. The fourth-order valence-corrected chi connectivity index (χ4v) is 4.28. The van der Waals surface area contributed by atoms with Gasteiger partial charge in [0.25, 0.3) is 5.91 Å². The fraction of sp³-hybridized carbons (Fsp3) is 0.238. The zero-order valence-corrected chi connectivity index (χ0v) is 19.6. The molecule has 32 heavy (non-hydrogen) atoms. The highest BCUT2D eigenvalue weighted by Crippen LogP contribution is 2.46. The van der Waals surface area contributed by atoms with Gasteiger partial charge >= 0.3 is 6.18 Å². The Hall–Kier alpha value is -2.23. The molecule has 168 valence electrons. The molecule has 0 saturated carbocycles.